The summed E-state index contributed by atoms with van der Waals surface area (Å²) in [4.78, 5) is 14.6. The molecular formula is C18H23N3O3S. The summed E-state index contributed by atoms with van der Waals surface area (Å²) in [5, 5.41) is 3.74. The lowest BCUT2D eigenvalue weighted by atomic mass is 10.1. The topological polar surface area (TPSA) is 72.3 Å². The van der Waals surface area contributed by atoms with Crippen LogP contribution in [0.15, 0.2) is 30.3 Å². The Morgan fingerprint density at radius 3 is 2.44 bits per heavy atom. The summed E-state index contributed by atoms with van der Waals surface area (Å²) >= 11 is 0. The average Bonchev–Trinajstić information content (AvgIpc) is 2.73. The molecule has 0 N–H and O–H groups in total. The van der Waals surface area contributed by atoms with Crippen molar-refractivity contribution in [2.45, 2.75) is 25.5 Å². The van der Waals surface area contributed by atoms with Gasteiger partial charge < -0.3 is 4.90 Å². The van der Waals surface area contributed by atoms with Crippen molar-refractivity contribution in [1.82, 2.24) is 14.7 Å². The Bertz CT molecular complexity index is 888. The van der Waals surface area contributed by atoms with Crippen molar-refractivity contribution in [1.29, 1.82) is 0 Å². The lowest BCUT2D eigenvalue weighted by Gasteiger charge is -2.20. The van der Waals surface area contributed by atoms with Crippen LogP contribution in [-0.4, -0.2) is 47.8 Å². The fourth-order valence-electron chi connectivity index (χ4n) is 3.43. The highest BCUT2D eigenvalue weighted by Gasteiger charge is 2.33. The molecule has 25 heavy (non-hydrogen) atoms. The number of aromatic nitrogens is 2. The first-order valence-corrected chi connectivity index (χ1v) is 10.1. The summed E-state index contributed by atoms with van der Waals surface area (Å²) in [6, 6.07) is 9.25. The fourth-order valence-corrected chi connectivity index (χ4v) is 5.23. The molecule has 2 aromatic rings. The van der Waals surface area contributed by atoms with E-state index in [1.807, 2.05) is 44.2 Å². The van der Waals surface area contributed by atoms with Gasteiger partial charge in [0, 0.05) is 25.8 Å². The number of carbonyl (C=O) groups excluding carboxylic acids is 1. The van der Waals surface area contributed by atoms with E-state index < -0.39 is 15.1 Å². The van der Waals surface area contributed by atoms with Gasteiger partial charge in [0.1, 0.15) is 0 Å². The first-order valence-electron chi connectivity index (χ1n) is 8.37. The third-order valence-electron chi connectivity index (χ3n) is 4.92. The molecule has 0 bridgehead atoms. The van der Waals surface area contributed by atoms with Gasteiger partial charge in [0.2, 0.25) is 0 Å². The molecule has 1 amide bonds. The molecule has 7 heteroatoms. The number of nitrogens with zero attached hydrogens (tertiary/aromatic N) is 3. The minimum Gasteiger partial charge on any atom is -0.337 e. The Kier molecular flexibility index (Phi) is 4.69. The van der Waals surface area contributed by atoms with E-state index in [9.17, 15) is 13.2 Å². The number of amides is 1. The van der Waals surface area contributed by atoms with Gasteiger partial charge in [-0.25, -0.2) is 8.42 Å². The summed E-state index contributed by atoms with van der Waals surface area (Å²) in [6.45, 7) is 4.31. The summed E-state index contributed by atoms with van der Waals surface area (Å²) in [5.41, 5.74) is 2.86. The van der Waals surface area contributed by atoms with E-state index in [0.717, 1.165) is 11.3 Å². The average molecular weight is 361 g/mol. The quantitative estimate of drug-likeness (QED) is 0.821. The predicted octanol–water partition coefficient (Wildman–Crippen LogP) is 2.04. The van der Waals surface area contributed by atoms with Gasteiger partial charge in [-0.1, -0.05) is 30.3 Å². The molecule has 1 aliphatic heterocycles. The lowest BCUT2D eigenvalue weighted by molar-refractivity contribution is 0.0765. The molecule has 1 atom stereocenters. The van der Waals surface area contributed by atoms with Crippen molar-refractivity contribution < 1.29 is 13.2 Å². The van der Waals surface area contributed by atoms with Gasteiger partial charge in [-0.3, -0.25) is 9.48 Å². The normalized spacial score (nSPS) is 20.3. The maximum atomic E-state index is 12.9. The van der Waals surface area contributed by atoms with Gasteiger partial charge >= 0.3 is 0 Å². The van der Waals surface area contributed by atoms with Gasteiger partial charge in [0.15, 0.2) is 9.84 Å². The van der Waals surface area contributed by atoms with Gasteiger partial charge in [-0.05, 0) is 25.8 Å². The third kappa shape index (κ3) is 3.33. The molecule has 1 saturated heterocycles. The number of hydrogen-bond acceptors (Lipinski definition) is 4. The van der Waals surface area contributed by atoms with Gasteiger partial charge in [0.25, 0.3) is 5.91 Å². The highest BCUT2D eigenvalue weighted by Crippen LogP contribution is 2.30. The zero-order valence-corrected chi connectivity index (χ0v) is 15.6. The van der Waals surface area contributed by atoms with Gasteiger partial charge in [-0.15, -0.1) is 0 Å². The zero-order valence-electron chi connectivity index (χ0n) is 14.8. The maximum absolute atomic E-state index is 12.9. The maximum Gasteiger partial charge on any atom is 0.257 e. The van der Waals surface area contributed by atoms with Gasteiger partial charge in [-0.2, -0.15) is 5.10 Å². The highest BCUT2D eigenvalue weighted by atomic mass is 32.2. The summed E-state index contributed by atoms with van der Waals surface area (Å²) < 4.78 is 27.1. The number of aryl methyl sites for hydroxylation is 2. The van der Waals surface area contributed by atoms with Crippen LogP contribution in [-0.2, 0) is 16.9 Å². The number of benzene rings is 1. The summed E-state index contributed by atoms with van der Waals surface area (Å²) in [5.74, 6) is -0.150. The smallest absolute Gasteiger partial charge is 0.257 e. The fraction of sp³-hybridized carbons (Fsp3) is 0.444. The van der Waals surface area contributed by atoms with E-state index in [2.05, 4.69) is 5.10 Å². The molecule has 1 aromatic heterocycles. The molecule has 1 aromatic carbocycles. The molecule has 2 heterocycles. The Hall–Kier alpha value is -2.15. The molecule has 1 fully saturated rings. The van der Waals surface area contributed by atoms with Crippen molar-refractivity contribution in [3.63, 3.8) is 0 Å². The molecule has 6 nitrogen and oxygen atoms in total. The Balaban J connectivity index is 1.87. The molecule has 0 aliphatic carbocycles. The predicted molar refractivity (Wildman–Crippen MR) is 96.2 cm³/mol. The molecule has 134 valence electrons. The van der Waals surface area contributed by atoms with E-state index in [4.69, 9.17) is 0 Å². The van der Waals surface area contributed by atoms with E-state index in [0.29, 0.717) is 24.2 Å². The first kappa shape index (κ1) is 17.7. The van der Waals surface area contributed by atoms with Crippen LogP contribution < -0.4 is 0 Å². The van der Waals surface area contributed by atoms with Crippen molar-refractivity contribution in [3.05, 3.63) is 52.8 Å². The monoisotopic (exact) mass is 361 g/mol. The second-order valence-electron chi connectivity index (χ2n) is 6.52. The summed E-state index contributed by atoms with van der Waals surface area (Å²) in [7, 11) is -1.49. The van der Waals surface area contributed by atoms with Gasteiger partial charge in [0.05, 0.1) is 22.3 Å². The van der Waals surface area contributed by atoms with E-state index >= 15 is 0 Å². The van der Waals surface area contributed by atoms with Crippen molar-refractivity contribution in [2.75, 3.05) is 18.8 Å². The van der Waals surface area contributed by atoms with Crippen LogP contribution in [0.5, 0.6) is 0 Å². The summed E-state index contributed by atoms with van der Waals surface area (Å²) in [6.07, 6.45) is 0.413. The third-order valence-corrected chi connectivity index (χ3v) is 7.05. The second-order valence-corrected chi connectivity index (χ2v) is 8.82. The zero-order chi connectivity index (χ0) is 18.2. The van der Waals surface area contributed by atoms with Crippen LogP contribution in [0.2, 0.25) is 0 Å². The van der Waals surface area contributed by atoms with Crippen LogP contribution in [0.4, 0.5) is 0 Å². The Labute approximate surface area is 148 Å². The Morgan fingerprint density at radius 1 is 1.16 bits per heavy atom. The molecule has 0 radical (unpaired) electrons. The molecule has 1 unspecified atom stereocenters. The minimum atomic E-state index is -3.29. The van der Waals surface area contributed by atoms with E-state index in [1.54, 1.807) is 16.6 Å². The largest absolute Gasteiger partial charge is 0.337 e. The highest BCUT2D eigenvalue weighted by molar-refractivity contribution is 7.91. The number of rotatable bonds is 2. The molecule has 1 aliphatic rings. The molecule has 0 saturated carbocycles. The second kappa shape index (κ2) is 6.63. The lowest BCUT2D eigenvalue weighted by Crippen LogP contribution is -2.34. The molecule has 3 rings (SSSR count). The van der Waals surface area contributed by atoms with Crippen molar-refractivity contribution in [2.24, 2.45) is 7.05 Å². The van der Waals surface area contributed by atoms with Crippen LogP contribution in [0.1, 0.15) is 39.0 Å². The van der Waals surface area contributed by atoms with E-state index in [1.165, 1.54) is 0 Å². The van der Waals surface area contributed by atoms with Crippen LogP contribution in [0, 0.1) is 13.8 Å². The Morgan fingerprint density at radius 2 is 1.84 bits per heavy atom. The van der Waals surface area contributed by atoms with Crippen LogP contribution in [0.3, 0.4) is 0 Å². The molecular weight excluding hydrogens is 338 g/mol. The van der Waals surface area contributed by atoms with E-state index in [-0.39, 0.29) is 18.2 Å². The van der Waals surface area contributed by atoms with Crippen molar-refractivity contribution in [3.8, 4) is 0 Å². The number of carbonyl (C=O) groups is 1. The SMILES string of the molecule is Cc1nn(C)c(C)c1C(=O)N1CCC(c2ccccc2)S(=O)(=O)CC1. The van der Waals surface area contributed by atoms with Crippen molar-refractivity contribution >= 4 is 15.7 Å². The number of hydrogen-bond donors (Lipinski definition) is 0. The van der Waals surface area contributed by atoms with Crippen LogP contribution >= 0.6 is 0 Å². The van der Waals surface area contributed by atoms with Crippen LogP contribution in [0.25, 0.3) is 0 Å². The number of sulfone groups is 1. The first-order chi connectivity index (χ1) is 11.8. The standard InChI is InChI=1S/C18H23N3O3S/c1-13-17(14(2)20(3)19-13)18(22)21-10-9-16(25(23,24)12-11-21)15-7-5-4-6-8-15/h4-8,16H,9-12H2,1-3H3. The minimum absolute atomic E-state index is 0.0172. The molecule has 0 spiro atoms.